The molecule has 6 heterocycles. The van der Waals surface area contributed by atoms with Gasteiger partial charge in [-0.2, -0.15) is 4.57 Å². The number of benzene rings is 2. The van der Waals surface area contributed by atoms with Crippen molar-refractivity contribution in [2.75, 3.05) is 33.7 Å². The topological polar surface area (TPSA) is 116 Å². The Labute approximate surface area is 306 Å². The van der Waals surface area contributed by atoms with E-state index in [0.29, 0.717) is 6.54 Å². The van der Waals surface area contributed by atoms with Gasteiger partial charge in [-0.25, -0.2) is 8.93 Å². The highest BCUT2D eigenvalue weighted by Gasteiger charge is 2.65. The van der Waals surface area contributed by atoms with E-state index in [9.17, 15) is 4.21 Å². The molecule has 3 aromatic rings. The van der Waals surface area contributed by atoms with Crippen LogP contribution in [0.2, 0.25) is 0 Å². The molecule has 0 radical (unpaired) electrons. The summed E-state index contributed by atoms with van der Waals surface area (Å²) in [5.74, 6) is 3.42. The highest BCUT2D eigenvalue weighted by atomic mass is 32.2. The molecule has 5 aliphatic heterocycles. The van der Waals surface area contributed by atoms with Gasteiger partial charge in [0.15, 0.2) is 35.8 Å². The minimum atomic E-state index is -3.06. The van der Waals surface area contributed by atoms with Crippen molar-refractivity contribution in [3.8, 4) is 28.5 Å². The zero-order chi connectivity index (χ0) is 36.3. The van der Waals surface area contributed by atoms with Crippen molar-refractivity contribution >= 4 is 26.6 Å². The van der Waals surface area contributed by atoms with Gasteiger partial charge < -0.3 is 37.9 Å². The van der Waals surface area contributed by atoms with Crippen LogP contribution in [-0.4, -0.2) is 79.4 Å². The van der Waals surface area contributed by atoms with E-state index in [2.05, 4.69) is 51.7 Å². The first-order chi connectivity index (χ1) is 24.8. The van der Waals surface area contributed by atoms with Crippen LogP contribution in [0.25, 0.3) is 22.0 Å². The molecule has 0 spiro atoms. The Balaban J connectivity index is 0.818. The second kappa shape index (κ2) is 13.7. The van der Waals surface area contributed by atoms with Gasteiger partial charge in [-0.1, -0.05) is 25.3 Å². The number of nitrogens with zero attached hydrogens (tertiary/aromatic N) is 1. The van der Waals surface area contributed by atoms with E-state index in [1.807, 2.05) is 27.7 Å². The Hall–Kier alpha value is -3.01. The van der Waals surface area contributed by atoms with E-state index in [1.165, 1.54) is 33.2 Å². The first kappa shape index (κ1) is 36.0. The fourth-order valence-corrected chi connectivity index (χ4v) is 9.18. The Morgan fingerprint density at radius 1 is 0.981 bits per heavy atom. The molecule has 282 valence electrons. The van der Waals surface area contributed by atoms with Gasteiger partial charge >= 0.3 is 0 Å². The molecule has 5 aliphatic rings. The molecule has 3 saturated heterocycles. The molecule has 5 atom stereocenters. The molecule has 52 heavy (non-hydrogen) atoms. The molecule has 0 aliphatic carbocycles. The number of unbranched alkanes of at least 4 members (excludes halogenated alkanes) is 4. The minimum absolute atomic E-state index is 0.123. The zero-order valence-electron chi connectivity index (χ0n) is 30.8. The molecule has 0 saturated carbocycles. The zero-order valence-corrected chi connectivity index (χ0v) is 31.6. The first-order valence-electron chi connectivity index (χ1n) is 18.4. The quantitative estimate of drug-likeness (QED) is 0.144. The number of hydrogen-bond donors (Lipinski definition) is 1. The fourth-order valence-electron chi connectivity index (χ4n) is 8.29. The maximum absolute atomic E-state index is 13.3. The van der Waals surface area contributed by atoms with Crippen LogP contribution in [0.4, 0.5) is 0 Å². The van der Waals surface area contributed by atoms with Crippen LogP contribution in [0.15, 0.2) is 36.5 Å². The Morgan fingerprint density at radius 2 is 1.77 bits per heavy atom. The van der Waals surface area contributed by atoms with Gasteiger partial charge in [0.25, 0.3) is 0 Å². The molecule has 12 nitrogen and oxygen atoms in total. The summed E-state index contributed by atoms with van der Waals surface area (Å²) in [6.07, 6.45) is 7.88. The van der Waals surface area contributed by atoms with Crippen LogP contribution in [0.1, 0.15) is 70.9 Å². The largest absolute Gasteiger partial charge is 0.496 e. The maximum Gasteiger partial charge on any atom is 0.231 e. The van der Waals surface area contributed by atoms with E-state index in [0.717, 1.165) is 68.7 Å². The fraction of sp³-hybridized carbons (Fsp3) is 0.590. The van der Waals surface area contributed by atoms with Gasteiger partial charge in [-0.15, -0.1) is 0 Å². The number of hydrogen-bond acceptors (Lipinski definition) is 10. The summed E-state index contributed by atoms with van der Waals surface area (Å²) in [4.78, 5) is 0. The molecule has 2 aromatic carbocycles. The number of rotatable bonds is 13. The average Bonchev–Trinajstić information content (AvgIpc) is 3.78. The van der Waals surface area contributed by atoms with Crippen LogP contribution in [0, 0.1) is 0 Å². The van der Waals surface area contributed by atoms with Gasteiger partial charge in [0, 0.05) is 24.6 Å². The number of nitrogens with one attached hydrogen (secondary N) is 1. The Kier molecular flexibility index (Phi) is 9.47. The van der Waals surface area contributed by atoms with E-state index in [1.54, 1.807) is 7.11 Å². The van der Waals surface area contributed by atoms with Crippen LogP contribution in [-0.2, 0) is 57.2 Å². The monoisotopic (exact) mass is 739 g/mol. The van der Waals surface area contributed by atoms with E-state index in [4.69, 9.17) is 42.1 Å². The molecule has 0 amide bonds. The summed E-state index contributed by atoms with van der Waals surface area (Å²) < 4.78 is 72.4. The maximum atomic E-state index is 13.3. The Morgan fingerprint density at radius 3 is 2.60 bits per heavy atom. The lowest BCUT2D eigenvalue weighted by Gasteiger charge is -2.40. The lowest BCUT2D eigenvalue weighted by atomic mass is 9.93. The number of methoxy groups -OCH3 is 1. The van der Waals surface area contributed by atoms with Gasteiger partial charge in [-0.05, 0) is 82.0 Å². The van der Waals surface area contributed by atoms with E-state index >= 15 is 0 Å². The van der Waals surface area contributed by atoms with Crippen molar-refractivity contribution in [3.05, 3.63) is 47.7 Å². The molecule has 2 unspecified atom stereocenters. The third kappa shape index (κ3) is 7.02. The number of fused-ring (bicyclic) bond motifs is 8. The summed E-state index contributed by atoms with van der Waals surface area (Å²) in [6, 6.07) is 10.8. The minimum Gasteiger partial charge on any atom is -0.496 e. The highest BCUT2D eigenvalue weighted by molar-refractivity contribution is 7.94. The van der Waals surface area contributed by atoms with Gasteiger partial charge in [0.1, 0.15) is 40.7 Å². The molecule has 13 heteroatoms. The molecule has 1 N–H and O–H groups in total. The van der Waals surface area contributed by atoms with Crippen LogP contribution in [0.3, 0.4) is 0 Å². The van der Waals surface area contributed by atoms with Crippen LogP contribution < -0.4 is 23.5 Å². The number of aryl methyl sites for hydroxylation is 3. The molecular formula is C39H51N2O10S+. The second-order valence-corrected chi connectivity index (χ2v) is 17.1. The summed E-state index contributed by atoms with van der Waals surface area (Å²) in [6.45, 7) is 9.17. The van der Waals surface area contributed by atoms with Crippen molar-refractivity contribution in [1.29, 1.82) is 0 Å². The second-order valence-electron chi connectivity index (χ2n) is 15.3. The predicted molar refractivity (Wildman–Crippen MR) is 195 cm³/mol. The Bertz CT molecular complexity index is 1950. The predicted octanol–water partition coefficient (Wildman–Crippen LogP) is 5.13. The lowest BCUT2D eigenvalue weighted by molar-refractivity contribution is -0.686. The van der Waals surface area contributed by atoms with Gasteiger partial charge in [0.05, 0.1) is 24.7 Å². The summed E-state index contributed by atoms with van der Waals surface area (Å²) in [7, 11) is -1.31. The normalized spacial score (nSPS) is 27.4. The molecule has 8 rings (SSSR count). The van der Waals surface area contributed by atoms with Crippen molar-refractivity contribution in [2.45, 2.75) is 115 Å². The van der Waals surface area contributed by atoms with E-state index in [-0.39, 0.29) is 26.1 Å². The van der Waals surface area contributed by atoms with Crippen molar-refractivity contribution in [3.63, 3.8) is 0 Å². The van der Waals surface area contributed by atoms with Crippen molar-refractivity contribution < 1.29 is 50.9 Å². The first-order valence-corrected chi connectivity index (χ1v) is 20.1. The lowest BCUT2D eigenvalue weighted by Crippen LogP contribution is -2.60. The standard InChI is InChI=1S/C39H51N2O10S/c1-37(2)48-34-22-46-39(36(35(34)49-37)50-38(3,4)51-39)23-47-52(6,42)40-16-11-9-7-8-10-12-27-29-21-41-17-15-26-19-32-33(45-24-44-32)20-28(26)30(41)18-25(29)13-14-31(27)43-5/h13-14,18-21,34-36H,6-12,15-17,22-24H2,1-5H3,(H,40,42)/q+1/t34-,35-,36?,39+,52?/m1/s1. The summed E-state index contributed by atoms with van der Waals surface area (Å²) in [5, 5.41) is 2.43. The molecular weight excluding hydrogens is 689 g/mol. The van der Waals surface area contributed by atoms with Crippen molar-refractivity contribution in [2.24, 2.45) is 0 Å². The van der Waals surface area contributed by atoms with E-state index < -0.39 is 39.6 Å². The number of aromatic nitrogens is 1. The van der Waals surface area contributed by atoms with Crippen LogP contribution >= 0.6 is 0 Å². The molecule has 0 bridgehead atoms. The SMILES string of the molecule is C=S(=O)(NCCCCCCCc1c(OC)ccc2cc3[n+](cc12)CCc1cc2c(cc1-3)OCO2)OC[C@@]12OC[C@H]3OC(C)(C)O[C@H]3C1OC(C)(C)O2. The van der Waals surface area contributed by atoms with Gasteiger partial charge in [0.2, 0.25) is 18.3 Å². The van der Waals surface area contributed by atoms with Crippen molar-refractivity contribution in [1.82, 2.24) is 4.72 Å². The molecule has 1 aromatic heterocycles. The molecule has 3 fully saturated rings. The third-order valence-electron chi connectivity index (χ3n) is 10.6. The number of ether oxygens (including phenoxy) is 8. The summed E-state index contributed by atoms with van der Waals surface area (Å²) in [5.41, 5.74) is 4.94. The van der Waals surface area contributed by atoms with Gasteiger partial charge in [-0.3, -0.25) is 4.18 Å². The van der Waals surface area contributed by atoms with Crippen LogP contribution in [0.5, 0.6) is 17.2 Å². The smallest absolute Gasteiger partial charge is 0.231 e. The average molecular weight is 740 g/mol. The number of pyridine rings is 1. The highest BCUT2D eigenvalue weighted by Crippen LogP contribution is 2.48. The summed E-state index contributed by atoms with van der Waals surface area (Å²) >= 11 is 0. The third-order valence-corrected chi connectivity index (χ3v) is 11.7.